The zero-order valence-electron chi connectivity index (χ0n) is 28.0. The number of piperidine rings is 1. The van der Waals surface area contributed by atoms with Gasteiger partial charge in [-0.2, -0.15) is 0 Å². The van der Waals surface area contributed by atoms with E-state index in [1.165, 1.54) is 32.1 Å². The number of nitrogens with zero attached hydrogens (tertiary/aromatic N) is 6. The number of para-hydroxylation sites is 1. The predicted molar refractivity (Wildman–Crippen MR) is 183 cm³/mol. The molecule has 0 unspecified atom stereocenters. The molecule has 3 aromatic rings. The van der Waals surface area contributed by atoms with Crippen LogP contribution in [0.3, 0.4) is 0 Å². The molecule has 0 spiro atoms. The van der Waals surface area contributed by atoms with Crippen molar-refractivity contribution >= 4 is 35.1 Å². The monoisotopic (exact) mass is 653 g/mol. The minimum atomic E-state index is -0.898. The molecule has 3 fully saturated rings. The first-order chi connectivity index (χ1) is 23.4. The van der Waals surface area contributed by atoms with Crippen LogP contribution in [0.25, 0.3) is 11.0 Å². The molecule has 254 valence electrons. The number of carbonyl (C=O) groups is 3. The van der Waals surface area contributed by atoms with Crippen molar-refractivity contribution in [3.8, 4) is 0 Å². The molecule has 3 amide bonds. The highest BCUT2D eigenvalue weighted by atomic mass is 16.6. The van der Waals surface area contributed by atoms with Crippen molar-refractivity contribution in [1.82, 2.24) is 29.6 Å². The van der Waals surface area contributed by atoms with Gasteiger partial charge < -0.3 is 19.7 Å². The van der Waals surface area contributed by atoms with E-state index in [1.807, 2.05) is 42.2 Å². The van der Waals surface area contributed by atoms with E-state index in [4.69, 9.17) is 4.74 Å². The molecule has 0 radical (unpaired) electrons. The molecule has 0 bridgehead atoms. The van der Waals surface area contributed by atoms with E-state index in [0.29, 0.717) is 32.0 Å². The number of piperazine rings is 1. The molecule has 1 aromatic heterocycles. The van der Waals surface area contributed by atoms with E-state index < -0.39 is 11.8 Å². The maximum Gasteiger partial charge on any atom is 0.411 e. The Kier molecular flexibility index (Phi) is 9.59. The van der Waals surface area contributed by atoms with Crippen molar-refractivity contribution in [2.75, 3.05) is 44.6 Å². The molecule has 48 heavy (non-hydrogen) atoms. The summed E-state index contributed by atoms with van der Waals surface area (Å²) in [5, 5.41) is 3.12. The number of fused-ring (bicyclic) bond motifs is 2. The summed E-state index contributed by atoms with van der Waals surface area (Å²) in [7, 11) is 0. The average Bonchev–Trinajstić information content (AvgIpc) is 3.29. The summed E-state index contributed by atoms with van der Waals surface area (Å²) in [6.45, 7) is 6.33. The van der Waals surface area contributed by atoms with Gasteiger partial charge in [-0.3, -0.25) is 24.7 Å². The van der Waals surface area contributed by atoms with Gasteiger partial charge in [-0.1, -0.05) is 43.5 Å². The van der Waals surface area contributed by atoms with E-state index in [1.54, 1.807) is 17.3 Å². The lowest BCUT2D eigenvalue weighted by atomic mass is 9.85. The summed E-state index contributed by atoms with van der Waals surface area (Å²) in [5.74, 6) is 0. The number of urea groups is 1. The van der Waals surface area contributed by atoms with Crippen molar-refractivity contribution in [1.29, 1.82) is 0 Å². The number of carbonyl (C=O) groups excluding carboxylic acids is 3. The summed E-state index contributed by atoms with van der Waals surface area (Å²) in [6, 6.07) is 12.2. The second-order valence-electron chi connectivity index (χ2n) is 13.9. The fourth-order valence-electron chi connectivity index (χ4n) is 8.67. The first-order valence-corrected chi connectivity index (χ1v) is 17.7. The summed E-state index contributed by atoms with van der Waals surface area (Å²) in [5.41, 5.74) is 4.45. The zero-order chi connectivity index (χ0) is 33.1. The number of aromatic nitrogens is 2. The maximum atomic E-state index is 14.1. The van der Waals surface area contributed by atoms with Gasteiger partial charge in [0.25, 0.3) is 0 Å². The Balaban J connectivity index is 1.13. The Labute approximate surface area is 282 Å². The quantitative estimate of drug-likeness (QED) is 0.339. The van der Waals surface area contributed by atoms with Crippen LogP contribution < -0.4 is 5.32 Å². The number of rotatable bonds is 7. The van der Waals surface area contributed by atoms with Gasteiger partial charge in [-0.15, -0.1) is 0 Å². The van der Waals surface area contributed by atoms with Crippen LogP contribution in [0.4, 0.5) is 15.3 Å². The highest BCUT2D eigenvalue weighted by Gasteiger charge is 2.52. The zero-order valence-corrected chi connectivity index (χ0v) is 28.0. The maximum absolute atomic E-state index is 14.1. The molecule has 2 aromatic carbocycles. The Hall–Kier alpha value is -4.09. The van der Waals surface area contributed by atoms with Crippen molar-refractivity contribution < 1.29 is 19.1 Å². The molecule has 7 rings (SSSR count). The number of hydrogen-bond acceptors (Lipinski definition) is 8. The lowest BCUT2D eigenvalue weighted by Gasteiger charge is -2.57. The average molecular weight is 654 g/mol. The molecular weight excluding hydrogens is 606 g/mol. The van der Waals surface area contributed by atoms with Crippen molar-refractivity contribution in [2.45, 2.75) is 89.1 Å². The second-order valence-corrected chi connectivity index (χ2v) is 13.9. The molecule has 2 atom stereocenters. The van der Waals surface area contributed by atoms with Crippen LogP contribution >= 0.6 is 0 Å². The lowest BCUT2D eigenvalue weighted by molar-refractivity contribution is -0.130. The lowest BCUT2D eigenvalue weighted by Crippen LogP contribution is -2.71. The van der Waals surface area contributed by atoms with Crippen LogP contribution in [0.15, 0.2) is 48.8 Å². The molecule has 1 aliphatic carbocycles. The van der Waals surface area contributed by atoms with Crippen molar-refractivity contribution in [3.05, 3.63) is 65.5 Å². The normalized spacial score (nSPS) is 24.5. The van der Waals surface area contributed by atoms with Crippen LogP contribution in [0.2, 0.25) is 0 Å². The largest absolute Gasteiger partial charge is 0.444 e. The fraction of sp³-hybridized carbons (Fsp3) is 0.541. The van der Waals surface area contributed by atoms with Crippen LogP contribution in [0.5, 0.6) is 0 Å². The molecule has 11 heteroatoms. The molecule has 1 saturated carbocycles. The standard InChI is InChI=1S/C37H47N7O4/c1-27-23-28(24-33-34(27)39-15-14-38-33)26-48-36(47)44-17-12-31(43-16-11-29-7-5-6-10-32(29)40-35(43)46)25-37(44,13-22-45)42-20-18-41(19-21-42)30-8-3-2-4-9-30/h5-7,10,14-15,22-24,30-31H,2-4,8-9,11-13,16-21,25-26H2,1H3,(H,40,46)/t31-,37+/m1/s1. The van der Waals surface area contributed by atoms with Crippen LogP contribution in [0, 0.1) is 6.92 Å². The smallest absolute Gasteiger partial charge is 0.411 e. The number of aryl methyl sites for hydroxylation is 1. The summed E-state index contributed by atoms with van der Waals surface area (Å²) >= 11 is 0. The van der Waals surface area contributed by atoms with Gasteiger partial charge in [0.15, 0.2) is 0 Å². The van der Waals surface area contributed by atoms with Crippen LogP contribution in [-0.2, 0) is 22.6 Å². The Bertz CT molecular complexity index is 1640. The molecule has 2 saturated heterocycles. The summed E-state index contributed by atoms with van der Waals surface area (Å²) < 4.78 is 6.04. The Morgan fingerprint density at radius 3 is 2.58 bits per heavy atom. The number of benzene rings is 2. The first kappa shape index (κ1) is 32.5. The van der Waals surface area contributed by atoms with Gasteiger partial charge in [-0.25, -0.2) is 9.59 Å². The van der Waals surface area contributed by atoms with Crippen LogP contribution in [-0.4, -0.2) is 105 Å². The number of ether oxygens (including phenoxy) is 1. The van der Waals surface area contributed by atoms with E-state index in [-0.39, 0.29) is 25.1 Å². The molecule has 11 nitrogen and oxygen atoms in total. The summed E-state index contributed by atoms with van der Waals surface area (Å²) in [6.07, 6.45) is 12.2. The summed E-state index contributed by atoms with van der Waals surface area (Å²) in [4.78, 5) is 57.9. The van der Waals surface area contributed by atoms with E-state index in [9.17, 15) is 14.4 Å². The minimum absolute atomic E-state index is 0.0888. The van der Waals surface area contributed by atoms with Crippen molar-refractivity contribution in [3.63, 3.8) is 0 Å². The minimum Gasteiger partial charge on any atom is -0.444 e. The predicted octanol–water partition coefficient (Wildman–Crippen LogP) is 5.37. The number of amides is 3. The third-order valence-corrected chi connectivity index (χ3v) is 11.1. The van der Waals surface area contributed by atoms with Crippen LogP contribution in [0.1, 0.15) is 68.1 Å². The molecular formula is C37H47N7O4. The molecule has 3 aliphatic heterocycles. The Morgan fingerprint density at radius 2 is 1.77 bits per heavy atom. The number of likely N-dealkylation sites (tertiary alicyclic amines) is 1. The van der Waals surface area contributed by atoms with Gasteiger partial charge >= 0.3 is 12.1 Å². The number of hydrogen-bond donors (Lipinski definition) is 1. The van der Waals surface area contributed by atoms with Gasteiger partial charge in [0, 0.05) is 82.3 Å². The van der Waals surface area contributed by atoms with Gasteiger partial charge in [-0.05, 0) is 61.4 Å². The molecule has 1 N–H and O–H groups in total. The third-order valence-electron chi connectivity index (χ3n) is 11.1. The van der Waals surface area contributed by atoms with Gasteiger partial charge in [0.05, 0.1) is 11.0 Å². The second kappa shape index (κ2) is 14.2. The first-order valence-electron chi connectivity index (χ1n) is 17.7. The van der Waals surface area contributed by atoms with Gasteiger partial charge in [0.1, 0.15) is 18.6 Å². The molecule has 4 aliphatic rings. The van der Waals surface area contributed by atoms with Gasteiger partial charge in [0.2, 0.25) is 0 Å². The topological polar surface area (TPSA) is 111 Å². The molecule has 4 heterocycles. The fourth-order valence-corrected chi connectivity index (χ4v) is 8.67. The third kappa shape index (κ3) is 6.50. The van der Waals surface area contributed by atoms with E-state index in [0.717, 1.165) is 72.3 Å². The highest BCUT2D eigenvalue weighted by Crippen LogP contribution is 2.39. The SMILES string of the molecule is Cc1cc(COC(=O)N2CC[C@@H](N3CCc4ccccc4NC3=O)C[C@@]2(CC=O)N2CCN(C3CCCCC3)CC2)cc2nccnc12. The Morgan fingerprint density at radius 1 is 0.979 bits per heavy atom. The van der Waals surface area contributed by atoms with E-state index in [2.05, 4.69) is 31.2 Å². The van der Waals surface area contributed by atoms with E-state index >= 15 is 0 Å². The highest BCUT2D eigenvalue weighted by molar-refractivity contribution is 5.91. The number of nitrogens with one attached hydrogen (secondary N) is 1. The number of aldehydes is 1. The van der Waals surface area contributed by atoms with Crippen molar-refractivity contribution in [2.24, 2.45) is 0 Å². The number of anilines is 1.